The highest BCUT2D eigenvalue weighted by Crippen LogP contribution is 2.59. The van der Waals surface area contributed by atoms with Gasteiger partial charge in [0.25, 0.3) is 0 Å². The van der Waals surface area contributed by atoms with Crippen molar-refractivity contribution in [1.29, 1.82) is 0 Å². The average Bonchev–Trinajstić information content (AvgIpc) is 3.20. The Bertz CT molecular complexity index is 1260. The molecule has 2 nitrogen and oxygen atoms in total. The Morgan fingerprint density at radius 3 is 1.76 bits per heavy atom. The molecule has 0 heterocycles. The van der Waals surface area contributed by atoms with E-state index in [9.17, 15) is 9.90 Å². The van der Waals surface area contributed by atoms with Crippen LogP contribution in [-0.4, -0.2) is 10.9 Å². The molecule has 0 spiro atoms. The molecule has 0 radical (unpaired) electrons. The number of hydrogen-bond acceptors (Lipinski definition) is 2. The summed E-state index contributed by atoms with van der Waals surface area (Å²) < 4.78 is 0. The topological polar surface area (TPSA) is 37.3 Å². The van der Waals surface area contributed by atoms with Gasteiger partial charge in [-0.2, -0.15) is 0 Å². The van der Waals surface area contributed by atoms with E-state index in [-0.39, 0.29) is 17.6 Å². The summed E-state index contributed by atoms with van der Waals surface area (Å²) in [6, 6.07) is 36.2. The van der Waals surface area contributed by atoms with Crippen LogP contribution in [0.2, 0.25) is 0 Å². The van der Waals surface area contributed by atoms with Crippen molar-refractivity contribution in [3.8, 4) is 0 Å². The number of ketones is 1. The van der Waals surface area contributed by atoms with Gasteiger partial charge in [-0.25, -0.2) is 0 Å². The molecule has 0 aliphatic heterocycles. The first-order valence-corrected chi connectivity index (χ1v) is 12.0. The second-order valence-electron chi connectivity index (χ2n) is 9.66. The van der Waals surface area contributed by atoms with Crippen molar-refractivity contribution in [2.24, 2.45) is 5.92 Å². The Kier molecular flexibility index (Phi) is 5.93. The van der Waals surface area contributed by atoms with Crippen LogP contribution in [0.1, 0.15) is 56.4 Å². The smallest absolute Gasteiger partial charge is 0.169 e. The van der Waals surface area contributed by atoms with Crippen LogP contribution < -0.4 is 0 Å². The molecule has 4 atom stereocenters. The third-order valence-corrected chi connectivity index (χ3v) is 7.42. The van der Waals surface area contributed by atoms with Crippen molar-refractivity contribution >= 4 is 5.78 Å². The lowest BCUT2D eigenvalue weighted by Crippen LogP contribution is -2.38. The van der Waals surface area contributed by atoms with Gasteiger partial charge in [0.1, 0.15) is 5.60 Å². The second kappa shape index (κ2) is 9.04. The van der Waals surface area contributed by atoms with Gasteiger partial charge in [-0.1, -0.05) is 120 Å². The molecule has 34 heavy (non-hydrogen) atoms. The van der Waals surface area contributed by atoms with E-state index in [1.165, 1.54) is 11.1 Å². The van der Waals surface area contributed by atoms with Crippen molar-refractivity contribution in [2.45, 2.75) is 37.7 Å². The summed E-state index contributed by atoms with van der Waals surface area (Å²) in [7, 11) is 0. The minimum absolute atomic E-state index is 0.00572. The molecule has 0 amide bonds. The Morgan fingerprint density at radius 2 is 1.21 bits per heavy atom. The fourth-order valence-corrected chi connectivity index (χ4v) is 5.66. The summed E-state index contributed by atoms with van der Waals surface area (Å²) in [5.74, 6) is -0.758. The van der Waals surface area contributed by atoms with E-state index in [4.69, 9.17) is 0 Å². The third-order valence-electron chi connectivity index (χ3n) is 7.42. The Hall–Kier alpha value is -3.49. The Morgan fingerprint density at radius 1 is 0.706 bits per heavy atom. The lowest BCUT2D eigenvalue weighted by Gasteiger charge is -2.33. The van der Waals surface area contributed by atoms with Crippen LogP contribution in [0.4, 0.5) is 0 Å². The molecule has 4 aromatic carbocycles. The summed E-state index contributed by atoms with van der Waals surface area (Å²) in [6.45, 7) is 4.15. The number of rotatable bonds is 5. The minimum Gasteiger partial charge on any atom is -0.384 e. The zero-order valence-electron chi connectivity index (χ0n) is 19.7. The first-order valence-electron chi connectivity index (χ1n) is 12.0. The molecule has 0 bridgehead atoms. The predicted octanol–water partition coefficient (Wildman–Crippen LogP) is 6.96. The van der Waals surface area contributed by atoms with Crippen LogP contribution in [0.5, 0.6) is 0 Å². The zero-order valence-corrected chi connectivity index (χ0v) is 19.7. The monoisotopic (exact) mass is 446 g/mol. The van der Waals surface area contributed by atoms with Crippen LogP contribution >= 0.6 is 0 Å². The molecule has 170 valence electrons. The first-order chi connectivity index (χ1) is 16.5. The van der Waals surface area contributed by atoms with Crippen LogP contribution in [0.3, 0.4) is 0 Å². The molecule has 1 fully saturated rings. The van der Waals surface area contributed by atoms with Gasteiger partial charge < -0.3 is 5.11 Å². The summed E-state index contributed by atoms with van der Waals surface area (Å²) in [6.07, 6.45) is 0.488. The molecule has 1 aliphatic carbocycles. The molecular formula is C32H30O2. The molecule has 0 saturated heterocycles. The fourth-order valence-electron chi connectivity index (χ4n) is 5.66. The third kappa shape index (κ3) is 3.99. The number of carbonyl (C=O) groups excluding carboxylic acids is 1. The Balaban J connectivity index is 1.72. The van der Waals surface area contributed by atoms with Crippen LogP contribution in [0.25, 0.3) is 0 Å². The fraction of sp³-hybridized carbons (Fsp3) is 0.219. The standard InChI is InChI=1S/C32H30O2/c1-22-13-17-24(18-14-22)28-21-32(34,27-11-7-4-8-12-27)30(31(33)26-9-5-3-6-10-26)29(28)25-19-15-23(2)16-20-25/h3-20,28-30,34H,21H2,1-2H3. The number of hydrogen-bond donors (Lipinski definition) is 1. The van der Waals surface area contributed by atoms with Gasteiger partial charge >= 0.3 is 0 Å². The number of aliphatic hydroxyl groups is 1. The molecular weight excluding hydrogens is 416 g/mol. The minimum atomic E-state index is -1.28. The van der Waals surface area contributed by atoms with Crippen LogP contribution in [0.15, 0.2) is 109 Å². The van der Waals surface area contributed by atoms with Crippen molar-refractivity contribution in [3.63, 3.8) is 0 Å². The maximum atomic E-state index is 14.2. The first kappa shape index (κ1) is 22.3. The highest BCUT2D eigenvalue weighted by Gasteiger charge is 2.57. The number of Topliss-reactive ketones (excluding diaryl/α,β-unsaturated/α-hetero) is 1. The second-order valence-corrected chi connectivity index (χ2v) is 9.66. The number of carbonyl (C=O) groups is 1. The molecule has 1 saturated carbocycles. The van der Waals surface area contributed by atoms with Crippen molar-refractivity contribution in [2.75, 3.05) is 0 Å². The normalized spacial score (nSPS) is 24.1. The van der Waals surface area contributed by atoms with Crippen LogP contribution in [-0.2, 0) is 5.60 Å². The number of aryl methyl sites for hydroxylation is 2. The largest absolute Gasteiger partial charge is 0.384 e. The van der Waals surface area contributed by atoms with Gasteiger partial charge in [0.15, 0.2) is 5.78 Å². The van der Waals surface area contributed by atoms with Crippen LogP contribution in [0, 0.1) is 19.8 Å². The van der Waals surface area contributed by atoms with Gasteiger partial charge in [-0.15, -0.1) is 0 Å². The highest BCUT2D eigenvalue weighted by atomic mass is 16.3. The van der Waals surface area contributed by atoms with E-state index < -0.39 is 11.5 Å². The van der Waals surface area contributed by atoms with Gasteiger partial charge in [-0.05, 0) is 42.9 Å². The molecule has 1 aliphatic rings. The van der Waals surface area contributed by atoms with E-state index in [1.807, 2.05) is 60.7 Å². The van der Waals surface area contributed by atoms with E-state index in [2.05, 4.69) is 62.4 Å². The van der Waals surface area contributed by atoms with E-state index in [0.29, 0.717) is 12.0 Å². The summed E-state index contributed by atoms with van der Waals surface area (Å²) in [5, 5.41) is 12.4. The lowest BCUT2D eigenvalue weighted by atomic mass is 9.73. The maximum absolute atomic E-state index is 14.2. The average molecular weight is 447 g/mol. The summed E-state index contributed by atoms with van der Waals surface area (Å²) >= 11 is 0. The van der Waals surface area contributed by atoms with Gasteiger partial charge in [0.05, 0.1) is 5.92 Å². The van der Waals surface area contributed by atoms with Gasteiger partial charge in [0, 0.05) is 11.5 Å². The highest BCUT2D eigenvalue weighted by molar-refractivity contribution is 5.99. The van der Waals surface area contributed by atoms with E-state index in [1.54, 1.807) is 0 Å². The molecule has 0 aromatic heterocycles. The van der Waals surface area contributed by atoms with E-state index >= 15 is 0 Å². The van der Waals surface area contributed by atoms with Crippen molar-refractivity contribution in [1.82, 2.24) is 0 Å². The zero-order chi connectivity index (χ0) is 23.7. The number of benzene rings is 4. The summed E-state index contributed by atoms with van der Waals surface area (Å²) in [5.41, 5.74) is 4.80. The SMILES string of the molecule is Cc1ccc(C2CC(O)(c3ccccc3)C(C(=O)c3ccccc3)C2c2ccc(C)cc2)cc1. The van der Waals surface area contributed by atoms with Crippen molar-refractivity contribution < 1.29 is 9.90 Å². The Labute approximate surface area is 201 Å². The van der Waals surface area contributed by atoms with E-state index in [0.717, 1.165) is 16.7 Å². The van der Waals surface area contributed by atoms with Crippen molar-refractivity contribution in [3.05, 3.63) is 143 Å². The molecule has 4 unspecified atom stereocenters. The summed E-state index contributed by atoms with van der Waals surface area (Å²) in [4.78, 5) is 14.2. The molecule has 2 heteroatoms. The molecule has 5 rings (SSSR count). The van der Waals surface area contributed by atoms with Gasteiger partial charge in [-0.3, -0.25) is 4.79 Å². The maximum Gasteiger partial charge on any atom is 0.169 e. The quantitative estimate of drug-likeness (QED) is 0.336. The lowest BCUT2D eigenvalue weighted by molar-refractivity contribution is -0.000254. The van der Waals surface area contributed by atoms with Gasteiger partial charge in [0.2, 0.25) is 0 Å². The molecule has 4 aromatic rings. The molecule has 1 N–H and O–H groups in total. The predicted molar refractivity (Wildman–Crippen MR) is 137 cm³/mol.